The lowest BCUT2D eigenvalue weighted by Gasteiger charge is -2.26. The second-order valence-corrected chi connectivity index (χ2v) is 11.5. The van der Waals surface area contributed by atoms with Crippen molar-refractivity contribution in [2.75, 3.05) is 38.2 Å². The highest BCUT2D eigenvalue weighted by Gasteiger charge is 2.27. The Morgan fingerprint density at radius 2 is 1.86 bits per heavy atom. The largest absolute Gasteiger partial charge is 0.462 e. The fourth-order valence-electron chi connectivity index (χ4n) is 4.97. The van der Waals surface area contributed by atoms with Crippen molar-refractivity contribution in [2.24, 2.45) is 0 Å². The van der Waals surface area contributed by atoms with Crippen LogP contribution in [0.5, 0.6) is 0 Å². The van der Waals surface area contributed by atoms with Gasteiger partial charge in [0.15, 0.2) is 0 Å². The van der Waals surface area contributed by atoms with Crippen LogP contribution in [-0.4, -0.2) is 54.4 Å². The monoisotopic (exact) mass is 542 g/mol. The molecule has 10 heteroatoms. The van der Waals surface area contributed by atoms with Gasteiger partial charge in [0, 0.05) is 53.9 Å². The molecule has 3 aromatic heterocycles. The maximum Gasteiger partial charge on any atom is 0.341 e. The number of urea groups is 1. The average Bonchev–Trinajstić information content (AvgIpc) is 3.62. The maximum atomic E-state index is 13.1. The van der Waals surface area contributed by atoms with Gasteiger partial charge in [-0.25, -0.2) is 9.59 Å². The molecule has 0 unspecified atom stereocenters. The third kappa shape index (κ3) is 5.77. The van der Waals surface area contributed by atoms with Crippen molar-refractivity contribution in [3.8, 4) is 5.00 Å². The molecule has 3 aromatic rings. The number of amides is 2. The Morgan fingerprint density at radius 1 is 1.11 bits per heavy atom. The molecule has 1 saturated heterocycles. The van der Waals surface area contributed by atoms with Gasteiger partial charge >= 0.3 is 12.0 Å². The Bertz CT molecular complexity index is 1240. The Balaban J connectivity index is 1.33. The van der Waals surface area contributed by atoms with E-state index in [1.807, 2.05) is 24.5 Å². The predicted octanol–water partition coefficient (Wildman–Crippen LogP) is 5.12. The summed E-state index contributed by atoms with van der Waals surface area (Å²) in [4.78, 5) is 30.7. The zero-order valence-corrected chi connectivity index (χ0v) is 23.1. The van der Waals surface area contributed by atoms with E-state index in [0.29, 0.717) is 23.7 Å². The first-order chi connectivity index (χ1) is 18.0. The number of anilines is 1. The van der Waals surface area contributed by atoms with Crippen LogP contribution in [0.1, 0.15) is 56.6 Å². The van der Waals surface area contributed by atoms with E-state index in [1.165, 1.54) is 26.7 Å². The van der Waals surface area contributed by atoms with Crippen molar-refractivity contribution in [2.45, 2.75) is 52.6 Å². The van der Waals surface area contributed by atoms with Crippen molar-refractivity contribution in [1.82, 2.24) is 14.8 Å². The molecular formula is C27H34N4O4S2. The molecule has 5 rings (SSSR count). The molecule has 4 heterocycles. The normalized spacial score (nSPS) is 15.8. The molecule has 2 aliphatic rings. The number of nitrogens with one attached hydrogen (secondary N) is 2. The van der Waals surface area contributed by atoms with Crippen LogP contribution in [-0.2, 0) is 35.4 Å². The van der Waals surface area contributed by atoms with Gasteiger partial charge in [-0.1, -0.05) is 0 Å². The van der Waals surface area contributed by atoms with Crippen LogP contribution in [0.2, 0.25) is 0 Å². The fourth-order valence-corrected chi connectivity index (χ4v) is 7.58. The summed E-state index contributed by atoms with van der Waals surface area (Å²) in [5.41, 5.74) is 3.89. The number of morpholine rings is 1. The zero-order chi connectivity index (χ0) is 25.8. The molecular weight excluding hydrogens is 508 g/mol. The number of esters is 1. The Morgan fingerprint density at radius 3 is 2.62 bits per heavy atom. The summed E-state index contributed by atoms with van der Waals surface area (Å²) >= 11 is 3.28. The number of ether oxygens (including phenoxy) is 2. The van der Waals surface area contributed by atoms with Crippen LogP contribution >= 0.6 is 22.7 Å². The first-order valence-corrected chi connectivity index (χ1v) is 14.6. The molecule has 1 aliphatic heterocycles. The summed E-state index contributed by atoms with van der Waals surface area (Å²) in [7, 11) is 0. The molecule has 8 nitrogen and oxygen atoms in total. The van der Waals surface area contributed by atoms with Crippen LogP contribution in [0.15, 0.2) is 24.5 Å². The van der Waals surface area contributed by atoms with Crippen molar-refractivity contribution >= 4 is 39.7 Å². The number of rotatable bonds is 8. The summed E-state index contributed by atoms with van der Waals surface area (Å²) in [6, 6.07) is 3.70. The first kappa shape index (κ1) is 26.0. The van der Waals surface area contributed by atoms with Crippen molar-refractivity contribution in [3.05, 3.63) is 56.5 Å². The Hall–Kier alpha value is -2.66. The van der Waals surface area contributed by atoms with Crippen LogP contribution < -0.4 is 10.6 Å². The van der Waals surface area contributed by atoms with Gasteiger partial charge in [-0.05, 0) is 62.8 Å². The number of nitrogens with zero attached hydrogens (tertiary/aromatic N) is 2. The number of thiophene rings is 2. The van der Waals surface area contributed by atoms with Crippen LogP contribution in [0, 0.1) is 6.92 Å². The van der Waals surface area contributed by atoms with Crippen LogP contribution in [0.3, 0.4) is 0 Å². The summed E-state index contributed by atoms with van der Waals surface area (Å²) < 4.78 is 12.9. The number of aromatic nitrogens is 1. The van der Waals surface area contributed by atoms with Gasteiger partial charge < -0.3 is 19.4 Å². The maximum absolute atomic E-state index is 13.1. The first-order valence-electron chi connectivity index (χ1n) is 13.0. The van der Waals surface area contributed by atoms with Crippen molar-refractivity contribution in [3.63, 3.8) is 0 Å². The van der Waals surface area contributed by atoms with Crippen LogP contribution in [0.25, 0.3) is 5.00 Å². The van der Waals surface area contributed by atoms with E-state index in [1.54, 1.807) is 18.3 Å². The van der Waals surface area contributed by atoms with Gasteiger partial charge in [0.25, 0.3) is 0 Å². The molecule has 1 fully saturated rings. The number of hydrogen-bond acceptors (Lipinski definition) is 7. The third-order valence-corrected chi connectivity index (χ3v) is 9.50. The second kappa shape index (κ2) is 11.8. The average molecular weight is 543 g/mol. The smallest absolute Gasteiger partial charge is 0.341 e. The van der Waals surface area contributed by atoms with Crippen LogP contribution in [0.4, 0.5) is 9.80 Å². The lowest BCUT2D eigenvalue weighted by atomic mass is 9.95. The molecule has 0 spiro atoms. The number of carbonyl (C=O) groups excluding carboxylic acids is 2. The van der Waals surface area contributed by atoms with E-state index >= 15 is 0 Å². The van der Waals surface area contributed by atoms with E-state index < -0.39 is 0 Å². The minimum absolute atomic E-state index is 0.307. The minimum Gasteiger partial charge on any atom is -0.462 e. The molecule has 0 aromatic carbocycles. The van der Waals surface area contributed by atoms with Gasteiger partial charge in [0.1, 0.15) is 10.0 Å². The molecule has 0 atom stereocenters. The molecule has 2 N–H and O–H groups in total. The highest BCUT2D eigenvalue weighted by molar-refractivity contribution is 7.17. The topological polar surface area (TPSA) is 84.8 Å². The summed E-state index contributed by atoms with van der Waals surface area (Å²) in [6.07, 6.45) is 8.02. The number of fused-ring (bicyclic) bond motifs is 1. The predicted molar refractivity (Wildman–Crippen MR) is 147 cm³/mol. The highest BCUT2D eigenvalue weighted by Crippen LogP contribution is 2.39. The fraction of sp³-hybridized carbons (Fsp3) is 0.481. The van der Waals surface area contributed by atoms with Gasteiger partial charge in [0.05, 0.1) is 25.4 Å². The summed E-state index contributed by atoms with van der Waals surface area (Å²) in [5.74, 6) is -0.353. The molecule has 198 valence electrons. The molecule has 0 radical (unpaired) electrons. The summed E-state index contributed by atoms with van der Waals surface area (Å²) in [6.45, 7) is 8.91. The van der Waals surface area contributed by atoms with Gasteiger partial charge in [-0.2, -0.15) is 0 Å². The second-order valence-electron chi connectivity index (χ2n) is 9.36. The number of hydrogen-bond donors (Lipinski definition) is 2. The Labute approximate surface area is 225 Å². The van der Waals surface area contributed by atoms with Gasteiger partial charge in [0.2, 0.25) is 0 Å². The molecule has 0 bridgehead atoms. The Kier molecular flexibility index (Phi) is 8.29. The molecule has 0 saturated carbocycles. The zero-order valence-electron chi connectivity index (χ0n) is 21.4. The molecule has 37 heavy (non-hydrogen) atoms. The SMILES string of the molecule is CCOC(=O)c1c(NC(=O)NCc2c(-n3cccc3)sc(CN3CCOCC3)c2C)sc2c1CCCC2. The highest BCUT2D eigenvalue weighted by atomic mass is 32.1. The van der Waals surface area contributed by atoms with Crippen molar-refractivity contribution in [1.29, 1.82) is 0 Å². The quantitative estimate of drug-likeness (QED) is 0.386. The molecule has 2 amide bonds. The lowest BCUT2D eigenvalue weighted by Crippen LogP contribution is -2.35. The summed E-state index contributed by atoms with van der Waals surface area (Å²) in [5, 5.41) is 7.72. The number of aryl methyl sites for hydroxylation is 1. The van der Waals surface area contributed by atoms with Gasteiger partial charge in [-0.3, -0.25) is 10.2 Å². The minimum atomic E-state index is -0.353. The van der Waals surface area contributed by atoms with Gasteiger partial charge in [-0.15, -0.1) is 22.7 Å². The number of carbonyl (C=O) groups is 2. The third-order valence-electron chi connectivity index (χ3n) is 6.96. The van der Waals surface area contributed by atoms with E-state index in [2.05, 4.69) is 27.0 Å². The standard InChI is InChI=1S/C27H34N4O4S2/c1-3-35-26(32)23-19-8-4-5-9-21(19)36-24(23)29-27(33)28-16-20-18(2)22(17-30-12-14-34-15-13-30)37-25(20)31-10-6-7-11-31/h6-7,10-11H,3-5,8-9,12-17H2,1-2H3,(H2,28,29,33). The van der Waals surface area contributed by atoms with E-state index in [9.17, 15) is 9.59 Å². The van der Waals surface area contributed by atoms with Crippen molar-refractivity contribution < 1.29 is 19.1 Å². The van der Waals surface area contributed by atoms with E-state index in [-0.39, 0.29) is 12.0 Å². The lowest BCUT2D eigenvalue weighted by molar-refractivity contribution is 0.0345. The van der Waals surface area contributed by atoms with E-state index in [4.69, 9.17) is 9.47 Å². The van der Waals surface area contributed by atoms with E-state index in [0.717, 1.165) is 74.7 Å². The molecule has 1 aliphatic carbocycles.